The molecule has 19 heavy (non-hydrogen) atoms. The van der Waals surface area contributed by atoms with Gasteiger partial charge in [-0.15, -0.1) is 11.3 Å². The smallest absolute Gasteiger partial charge is 0.239 e. The lowest BCUT2D eigenvalue weighted by molar-refractivity contribution is -0.137. The third-order valence-electron chi connectivity index (χ3n) is 3.21. The van der Waals surface area contributed by atoms with E-state index in [0.29, 0.717) is 26.3 Å². The van der Waals surface area contributed by atoms with Gasteiger partial charge >= 0.3 is 0 Å². The Morgan fingerprint density at radius 3 is 2.74 bits per heavy atom. The van der Waals surface area contributed by atoms with Crippen molar-refractivity contribution in [1.82, 2.24) is 10.2 Å². The largest absolute Gasteiger partial charge is 0.378 e. The second kappa shape index (κ2) is 6.83. The summed E-state index contributed by atoms with van der Waals surface area (Å²) >= 11 is 5.14. The summed E-state index contributed by atoms with van der Waals surface area (Å²) in [6.07, 6.45) is 0. The zero-order chi connectivity index (χ0) is 13.8. The predicted octanol–water partition coefficient (Wildman–Crippen LogP) is 2.41. The number of amides is 1. The van der Waals surface area contributed by atoms with Crippen molar-refractivity contribution in [2.45, 2.75) is 25.9 Å². The maximum Gasteiger partial charge on any atom is 0.239 e. The number of carbonyl (C=O) groups excluding carboxylic acids is 1. The molecule has 0 spiro atoms. The lowest BCUT2D eigenvalue weighted by Gasteiger charge is -2.30. The van der Waals surface area contributed by atoms with Crippen molar-refractivity contribution in [3.8, 4) is 0 Å². The molecule has 2 unspecified atom stereocenters. The van der Waals surface area contributed by atoms with Crippen molar-refractivity contribution < 1.29 is 9.53 Å². The predicted molar refractivity (Wildman–Crippen MR) is 80.4 cm³/mol. The van der Waals surface area contributed by atoms with E-state index in [1.54, 1.807) is 11.3 Å². The minimum absolute atomic E-state index is 0.158. The standard InChI is InChI=1S/C13H19BrN2O2S/c1-9(12-7-11(14)8-19-12)15-10(2)13(17)16-3-5-18-6-4-16/h7-10,15H,3-6H2,1-2H3. The molecule has 2 rings (SSSR count). The van der Waals surface area contributed by atoms with E-state index in [4.69, 9.17) is 4.74 Å². The summed E-state index contributed by atoms with van der Waals surface area (Å²) < 4.78 is 6.36. The summed E-state index contributed by atoms with van der Waals surface area (Å²) in [6, 6.07) is 2.10. The van der Waals surface area contributed by atoms with E-state index in [9.17, 15) is 4.79 Å². The lowest BCUT2D eigenvalue weighted by atomic mass is 10.2. The number of thiophene rings is 1. The van der Waals surface area contributed by atoms with E-state index in [1.165, 1.54) is 4.88 Å². The van der Waals surface area contributed by atoms with Gasteiger partial charge in [0.05, 0.1) is 19.3 Å². The van der Waals surface area contributed by atoms with Gasteiger partial charge in [0.1, 0.15) is 0 Å². The van der Waals surface area contributed by atoms with E-state index >= 15 is 0 Å². The monoisotopic (exact) mass is 346 g/mol. The van der Waals surface area contributed by atoms with Crippen LogP contribution in [-0.2, 0) is 9.53 Å². The summed E-state index contributed by atoms with van der Waals surface area (Å²) in [4.78, 5) is 15.4. The Kier molecular flexibility index (Phi) is 5.38. The number of morpholine rings is 1. The molecule has 0 aromatic carbocycles. The summed E-state index contributed by atoms with van der Waals surface area (Å²) in [5.41, 5.74) is 0. The SMILES string of the molecule is CC(NC(C)c1cc(Br)cs1)C(=O)N1CCOCC1. The van der Waals surface area contributed by atoms with Gasteiger partial charge in [-0.2, -0.15) is 0 Å². The van der Waals surface area contributed by atoms with Crippen LogP contribution in [-0.4, -0.2) is 43.2 Å². The molecule has 6 heteroatoms. The first kappa shape index (κ1) is 15.0. The Morgan fingerprint density at radius 1 is 1.47 bits per heavy atom. The first-order chi connectivity index (χ1) is 9.08. The van der Waals surface area contributed by atoms with Crippen molar-refractivity contribution >= 4 is 33.2 Å². The molecular weight excluding hydrogens is 328 g/mol. The van der Waals surface area contributed by atoms with Gasteiger partial charge in [0.2, 0.25) is 5.91 Å². The second-order valence-electron chi connectivity index (χ2n) is 4.71. The summed E-state index contributed by atoms with van der Waals surface area (Å²) in [5, 5.41) is 5.42. The number of ether oxygens (including phenoxy) is 1. The number of nitrogens with one attached hydrogen (secondary N) is 1. The molecule has 4 nitrogen and oxygen atoms in total. The van der Waals surface area contributed by atoms with Crippen LogP contribution in [0.4, 0.5) is 0 Å². The van der Waals surface area contributed by atoms with Gasteiger partial charge < -0.3 is 9.64 Å². The van der Waals surface area contributed by atoms with Gasteiger partial charge in [0, 0.05) is 33.9 Å². The Bertz CT molecular complexity index is 432. The van der Waals surface area contributed by atoms with Crippen LogP contribution in [0, 0.1) is 0 Å². The van der Waals surface area contributed by atoms with Crippen LogP contribution in [0.15, 0.2) is 15.9 Å². The van der Waals surface area contributed by atoms with Crippen LogP contribution in [0.5, 0.6) is 0 Å². The first-order valence-electron chi connectivity index (χ1n) is 6.44. The topological polar surface area (TPSA) is 41.6 Å². The second-order valence-corrected chi connectivity index (χ2v) is 6.57. The molecule has 2 heterocycles. The number of carbonyl (C=O) groups is 1. The van der Waals surface area contributed by atoms with E-state index < -0.39 is 0 Å². The molecule has 1 aliphatic rings. The number of rotatable bonds is 4. The highest BCUT2D eigenvalue weighted by Crippen LogP contribution is 2.25. The molecule has 1 amide bonds. The molecule has 0 aliphatic carbocycles. The highest BCUT2D eigenvalue weighted by molar-refractivity contribution is 9.10. The number of halogens is 1. The van der Waals surface area contributed by atoms with Crippen LogP contribution in [0.3, 0.4) is 0 Å². The minimum atomic E-state index is -0.172. The fraction of sp³-hybridized carbons (Fsp3) is 0.615. The first-order valence-corrected chi connectivity index (χ1v) is 8.11. The number of hydrogen-bond donors (Lipinski definition) is 1. The quantitative estimate of drug-likeness (QED) is 0.910. The molecule has 0 bridgehead atoms. The number of nitrogens with zero attached hydrogens (tertiary/aromatic N) is 1. The van der Waals surface area contributed by atoms with Gasteiger partial charge in [-0.05, 0) is 35.8 Å². The third-order valence-corrected chi connectivity index (χ3v) is 5.08. The third kappa shape index (κ3) is 4.02. The maximum atomic E-state index is 12.3. The van der Waals surface area contributed by atoms with Crippen LogP contribution >= 0.6 is 27.3 Å². The average Bonchev–Trinajstić information content (AvgIpc) is 2.85. The molecule has 0 radical (unpaired) electrons. The summed E-state index contributed by atoms with van der Waals surface area (Å²) in [7, 11) is 0. The lowest BCUT2D eigenvalue weighted by Crippen LogP contribution is -2.49. The highest BCUT2D eigenvalue weighted by atomic mass is 79.9. The molecular formula is C13H19BrN2O2S. The van der Waals surface area contributed by atoms with Crippen molar-refractivity contribution in [1.29, 1.82) is 0 Å². The minimum Gasteiger partial charge on any atom is -0.378 e. The van der Waals surface area contributed by atoms with Crippen molar-refractivity contribution in [2.24, 2.45) is 0 Å². The van der Waals surface area contributed by atoms with Crippen LogP contribution in [0.25, 0.3) is 0 Å². The zero-order valence-corrected chi connectivity index (χ0v) is 13.6. The molecule has 106 valence electrons. The van der Waals surface area contributed by atoms with E-state index in [-0.39, 0.29) is 18.0 Å². The van der Waals surface area contributed by atoms with Gasteiger partial charge in [0.15, 0.2) is 0 Å². The van der Waals surface area contributed by atoms with Crippen LogP contribution < -0.4 is 5.32 Å². The van der Waals surface area contributed by atoms with Crippen LogP contribution in [0.1, 0.15) is 24.8 Å². The Hall–Kier alpha value is -0.430. The van der Waals surface area contributed by atoms with Gasteiger partial charge in [0.25, 0.3) is 0 Å². The molecule has 1 saturated heterocycles. The fourth-order valence-electron chi connectivity index (χ4n) is 2.14. The van der Waals surface area contributed by atoms with Gasteiger partial charge in [-0.25, -0.2) is 0 Å². The Morgan fingerprint density at radius 2 is 2.16 bits per heavy atom. The summed E-state index contributed by atoms with van der Waals surface area (Å²) in [6.45, 7) is 6.70. The van der Waals surface area contributed by atoms with Crippen molar-refractivity contribution in [2.75, 3.05) is 26.3 Å². The fourth-order valence-corrected chi connectivity index (χ4v) is 3.60. The Balaban J connectivity index is 1.89. The van der Waals surface area contributed by atoms with Gasteiger partial charge in [-0.1, -0.05) is 0 Å². The van der Waals surface area contributed by atoms with E-state index in [1.807, 2.05) is 11.8 Å². The molecule has 1 aromatic rings. The average molecular weight is 347 g/mol. The van der Waals surface area contributed by atoms with Crippen molar-refractivity contribution in [3.05, 3.63) is 20.8 Å². The van der Waals surface area contributed by atoms with E-state index in [2.05, 4.69) is 39.6 Å². The normalized spacial score (nSPS) is 19.2. The molecule has 1 aromatic heterocycles. The van der Waals surface area contributed by atoms with Crippen molar-refractivity contribution in [3.63, 3.8) is 0 Å². The molecule has 0 saturated carbocycles. The molecule has 1 aliphatic heterocycles. The summed E-state index contributed by atoms with van der Waals surface area (Å²) in [5.74, 6) is 0.158. The van der Waals surface area contributed by atoms with Gasteiger partial charge in [-0.3, -0.25) is 10.1 Å². The molecule has 1 N–H and O–H groups in total. The number of hydrogen-bond acceptors (Lipinski definition) is 4. The maximum absolute atomic E-state index is 12.3. The zero-order valence-electron chi connectivity index (χ0n) is 11.2. The highest BCUT2D eigenvalue weighted by Gasteiger charge is 2.23. The molecule has 2 atom stereocenters. The van der Waals surface area contributed by atoms with Crippen LogP contribution in [0.2, 0.25) is 0 Å². The molecule has 1 fully saturated rings. The Labute approximate surface area is 126 Å². The van der Waals surface area contributed by atoms with E-state index in [0.717, 1.165) is 4.47 Å².